The lowest BCUT2D eigenvalue weighted by molar-refractivity contribution is -0.134. The lowest BCUT2D eigenvalue weighted by Crippen LogP contribution is -2.36. The largest absolute Gasteiger partial charge is 0.462 e. The smallest absolute Gasteiger partial charge is 0.340 e. The Labute approximate surface area is 178 Å². The maximum absolute atomic E-state index is 12.7. The van der Waals surface area contributed by atoms with Crippen LogP contribution in [0.3, 0.4) is 0 Å². The quantitative estimate of drug-likeness (QED) is 0.358. The molecule has 0 spiro atoms. The van der Waals surface area contributed by atoms with Crippen LogP contribution >= 0.6 is 0 Å². The molecular formula is C23H20N2O6. The summed E-state index contributed by atoms with van der Waals surface area (Å²) in [6.07, 6.45) is 0. The molecule has 0 radical (unpaired) electrons. The number of esters is 2. The van der Waals surface area contributed by atoms with Crippen molar-refractivity contribution in [2.45, 2.75) is 13.8 Å². The number of aryl methyl sites for hydroxylation is 1. The zero-order valence-electron chi connectivity index (χ0n) is 17.3. The molecule has 3 aromatic rings. The van der Waals surface area contributed by atoms with Crippen molar-refractivity contribution in [3.63, 3.8) is 0 Å². The van der Waals surface area contributed by atoms with Crippen molar-refractivity contribution < 1.29 is 28.7 Å². The highest BCUT2D eigenvalue weighted by molar-refractivity contribution is 6.22. The van der Waals surface area contributed by atoms with Crippen LogP contribution in [-0.2, 0) is 16.6 Å². The highest BCUT2D eigenvalue weighted by atomic mass is 16.5. The molecule has 4 rings (SSSR count). The summed E-state index contributed by atoms with van der Waals surface area (Å²) in [6, 6.07) is 11.4. The molecule has 0 fully saturated rings. The molecule has 0 saturated heterocycles. The van der Waals surface area contributed by atoms with E-state index in [0.717, 1.165) is 4.90 Å². The molecular weight excluding hydrogens is 400 g/mol. The van der Waals surface area contributed by atoms with Crippen LogP contribution in [0.1, 0.15) is 43.7 Å². The molecule has 2 heterocycles. The Bertz CT molecular complexity index is 1220. The van der Waals surface area contributed by atoms with E-state index in [1.807, 2.05) is 4.57 Å². The molecule has 158 valence electrons. The molecule has 2 amide bonds. The van der Waals surface area contributed by atoms with Crippen molar-refractivity contribution in [2.24, 2.45) is 7.05 Å². The van der Waals surface area contributed by atoms with E-state index in [1.165, 1.54) is 0 Å². The molecule has 8 heteroatoms. The monoisotopic (exact) mass is 420 g/mol. The molecule has 31 heavy (non-hydrogen) atoms. The Balaban J connectivity index is 1.64. The van der Waals surface area contributed by atoms with Gasteiger partial charge in [-0.1, -0.05) is 18.2 Å². The van der Waals surface area contributed by atoms with E-state index < -0.39 is 30.3 Å². The number of amides is 2. The van der Waals surface area contributed by atoms with Crippen molar-refractivity contribution in [3.05, 3.63) is 64.8 Å². The molecule has 0 N–H and O–H groups in total. The predicted octanol–water partition coefficient (Wildman–Crippen LogP) is 2.87. The summed E-state index contributed by atoms with van der Waals surface area (Å²) in [4.78, 5) is 51.1. The van der Waals surface area contributed by atoms with Crippen LogP contribution in [0.25, 0.3) is 10.9 Å². The summed E-state index contributed by atoms with van der Waals surface area (Å²) in [6.45, 7) is 3.15. The first-order chi connectivity index (χ1) is 14.8. The molecule has 1 aromatic heterocycles. The van der Waals surface area contributed by atoms with Gasteiger partial charge in [-0.25, -0.2) is 9.59 Å². The first kappa shape index (κ1) is 20.3. The molecule has 0 atom stereocenters. The molecule has 0 bridgehead atoms. The first-order valence-corrected chi connectivity index (χ1v) is 9.76. The minimum absolute atomic E-state index is 0.158. The van der Waals surface area contributed by atoms with Gasteiger partial charge in [-0.05, 0) is 38.1 Å². The minimum atomic E-state index is -0.793. The Morgan fingerprint density at radius 2 is 1.61 bits per heavy atom. The van der Waals surface area contributed by atoms with Crippen molar-refractivity contribution in [2.75, 3.05) is 13.2 Å². The molecule has 2 aromatic carbocycles. The highest BCUT2D eigenvalue weighted by Gasteiger charge is 2.37. The number of fused-ring (bicyclic) bond motifs is 2. The standard InChI is InChI=1S/C23H20N2O6/c1-4-30-23(29)19-13(2)24(3)16-10-7-11-17(20(16)19)31-18(26)12-25-21(27)14-8-5-6-9-15(14)22(25)28/h5-11H,4,12H2,1-3H3. The molecule has 0 saturated carbocycles. The summed E-state index contributed by atoms with van der Waals surface area (Å²) >= 11 is 0. The van der Waals surface area contributed by atoms with Gasteiger partial charge in [0.15, 0.2) is 0 Å². The average molecular weight is 420 g/mol. The van der Waals surface area contributed by atoms with Gasteiger partial charge >= 0.3 is 11.9 Å². The zero-order valence-corrected chi connectivity index (χ0v) is 17.3. The normalized spacial score (nSPS) is 12.9. The number of hydrogen-bond donors (Lipinski definition) is 0. The van der Waals surface area contributed by atoms with E-state index in [4.69, 9.17) is 9.47 Å². The van der Waals surface area contributed by atoms with E-state index in [9.17, 15) is 19.2 Å². The number of nitrogens with zero attached hydrogens (tertiary/aromatic N) is 2. The number of carbonyl (C=O) groups is 4. The van der Waals surface area contributed by atoms with Gasteiger partial charge in [0.05, 0.1) is 34.2 Å². The molecule has 1 aliphatic rings. The summed E-state index contributed by atoms with van der Waals surface area (Å²) in [5.41, 5.74) is 2.17. The molecule has 0 unspecified atom stereocenters. The van der Waals surface area contributed by atoms with Crippen molar-refractivity contribution >= 4 is 34.7 Å². The van der Waals surface area contributed by atoms with Crippen molar-refractivity contribution in [1.82, 2.24) is 9.47 Å². The van der Waals surface area contributed by atoms with E-state index in [2.05, 4.69) is 0 Å². The fourth-order valence-corrected chi connectivity index (χ4v) is 3.78. The van der Waals surface area contributed by atoms with Gasteiger partial charge in [-0.15, -0.1) is 0 Å². The minimum Gasteiger partial charge on any atom is -0.462 e. The van der Waals surface area contributed by atoms with Crippen LogP contribution < -0.4 is 4.74 Å². The van der Waals surface area contributed by atoms with Crippen LogP contribution in [0.5, 0.6) is 5.75 Å². The van der Waals surface area contributed by atoms with Gasteiger partial charge < -0.3 is 14.0 Å². The van der Waals surface area contributed by atoms with Gasteiger partial charge in [0.2, 0.25) is 0 Å². The first-order valence-electron chi connectivity index (χ1n) is 9.76. The predicted molar refractivity (Wildman–Crippen MR) is 111 cm³/mol. The SMILES string of the molecule is CCOC(=O)c1c(C)n(C)c2cccc(OC(=O)CN3C(=O)c4ccccc4C3=O)c12. The lowest BCUT2D eigenvalue weighted by Gasteiger charge is -2.13. The summed E-state index contributed by atoms with van der Waals surface area (Å²) in [5, 5.41) is 0.441. The third-order valence-corrected chi connectivity index (χ3v) is 5.35. The topological polar surface area (TPSA) is 94.9 Å². The second-order valence-electron chi connectivity index (χ2n) is 7.11. The lowest BCUT2D eigenvalue weighted by atomic mass is 10.1. The second kappa shape index (κ2) is 7.71. The Morgan fingerprint density at radius 1 is 0.968 bits per heavy atom. The summed E-state index contributed by atoms with van der Waals surface area (Å²) < 4.78 is 12.5. The van der Waals surface area contributed by atoms with Gasteiger partial charge in [-0.2, -0.15) is 0 Å². The number of ether oxygens (including phenoxy) is 2. The third kappa shape index (κ3) is 3.26. The van der Waals surface area contributed by atoms with E-state index in [-0.39, 0.29) is 23.5 Å². The third-order valence-electron chi connectivity index (χ3n) is 5.35. The van der Waals surface area contributed by atoms with Gasteiger partial charge in [0.1, 0.15) is 12.3 Å². The van der Waals surface area contributed by atoms with Gasteiger partial charge in [-0.3, -0.25) is 14.5 Å². The average Bonchev–Trinajstić information content (AvgIpc) is 3.15. The number of benzene rings is 2. The van der Waals surface area contributed by atoms with Crippen LogP contribution in [0.2, 0.25) is 0 Å². The van der Waals surface area contributed by atoms with E-state index in [0.29, 0.717) is 22.2 Å². The van der Waals surface area contributed by atoms with E-state index in [1.54, 1.807) is 63.4 Å². The van der Waals surface area contributed by atoms with Crippen molar-refractivity contribution in [1.29, 1.82) is 0 Å². The fraction of sp³-hybridized carbons (Fsp3) is 0.217. The van der Waals surface area contributed by atoms with Crippen LogP contribution in [0, 0.1) is 6.92 Å². The van der Waals surface area contributed by atoms with Crippen molar-refractivity contribution in [3.8, 4) is 5.75 Å². The van der Waals surface area contributed by atoms with Crippen LogP contribution in [0.15, 0.2) is 42.5 Å². The number of aromatic nitrogens is 1. The van der Waals surface area contributed by atoms with Gasteiger partial charge in [0.25, 0.3) is 11.8 Å². The number of hydrogen-bond acceptors (Lipinski definition) is 6. The Hall–Kier alpha value is -3.94. The van der Waals surface area contributed by atoms with Crippen LogP contribution in [0.4, 0.5) is 0 Å². The summed E-state index contributed by atoms with van der Waals surface area (Å²) in [5.74, 6) is -2.24. The maximum atomic E-state index is 12.7. The molecule has 0 aliphatic carbocycles. The van der Waals surface area contributed by atoms with E-state index >= 15 is 0 Å². The number of carbonyl (C=O) groups excluding carboxylic acids is 4. The van der Waals surface area contributed by atoms with Crippen LogP contribution in [-0.4, -0.2) is 46.4 Å². The summed E-state index contributed by atoms with van der Waals surface area (Å²) in [7, 11) is 1.80. The Morgan fingerprint density at radius 3 is 2.23 bits per heavy atom. The highest BCUT2D eigenvalue weighted by Crippen LogP contribution is 2.34. The molecule has 8 nitrogen and oxygen atoms in total. The fourth-order valence-electron chi connectivity index (χ4n) is 3.78. The Kier molecular flexibility index (Phi) is 5.06. The number of imide groups is 1. The second-order valence-corrected chi connectivity index (χ2v) is 7.11. The number of rotatable bonds is 5. The van der Waals surface area contributed by atoms with Gasteiger partial charge in [0, 0.05) is 12.7 Å². The maximum Gasteiger partial charge on any atom is 0.340 e. The molecule has 1 aliphatic heterocycles. The zero-order chi connectivity index (χ0) is 22.3.